The van der Waals surface area contributed by atoms with Crippen LogP contribution in [0.25, 0.3) is 5.69 Å². The predicted molar refractivity (Wildman–Crippen MR) is 108 cm³/mol. The standard InChI is InChI=1S/C20H23Cl2N3O3/c1-11(14-4-5-14)23-19(26)10-28-20(27)9-16-12(2)24-25(13(16)3)15-6-7-17(21)18(22)8-15/h6-8,11,14H,4-5,9-10H2,1-3H3,(H,23,26)/t11-/m0/s1. The van der Waals surface area contributed by atoms with E-state index in [9.17, 15) is 9.59 Å². The molecule has 150 valence electrons. The van der Waals surface area contributed by atoms with E-state index >= 15 is 0 Å². The Morgan fingerprint density at radius 1 is 1.29 bits per heavy atom. The number of benzene rings is 1. The summed E-state index contributed by atoms with van der Waals surface area (Å²) >= 11 is 12.1. The van der Waals surface area contributed by atoms with Crippen molar-refractivity contribution < 1.29 is 14.3 Å². The Bertz CT molecular complexity index is 906. The quantitative estimate of drug-likeness (QED) is 0.687. The summed E-state index contributed by atoms with van der Waals surface area (Å²) in [6.07, 6.45) is 2.33. The molecule has 0 spiro atoms. The topological polar surface area (TPSA) is 73.2 Å². The lowest BCUT2D eigenvalue weighted by molar-refractivity contribution is -0.148. The molecule has 1 aromatic carbocycles. The first-order chi connectivity index (χ1) is 13.3. The zero-order valence-electron chi connectivity index (χ0n) is 16.1. The molecular weight excluding hydrogens is 401 g/mol. The minimum absolute atomic E-state index is 0.0461. The minimum atomic E-state index is -0.464. The summed E-state index contributed by atoms with van der Waals surface area (Å²) in [7, 11) is 0. The van der Waals surface area contributed by atoms with Gasteiger partial charge in [0.1, 0.15) is 0 Å². The van der Waals surface area contributed by atoms with E-state index in [1.165, 1.54) is 0 Å². The number of halogens is 2. The van der Waals surface area contributed by atoms with Crippen molar-refractivity contribution in [1.82, 2.24) is 15.1 Å². The second kappa shape index (κ2) is 8.53. The van der Waals surface area contributed by atoms with Gasteiger partial charge < -0.3 is 10.1 Å². The number of nitrogens with zero attached hydrogens (tertiary/aromatic N) is 2. The van der Waals surface area contributed by atoms with Gasteiger partial charge in [-0.1, -0.05) is 23.2 Å². The van der Waals surface area contributed by atoms with E-state index in [1.54, 1.807) is 22.9 Å². The second-order valence-electron chi connectivity index (χ2n) is 7.19. The van der Waals surface area contributed by atoms with Crippen LogP contribution >= 0.6 is 23.2 Å². The van der Waals surface area contributed by atoms with Gasteiger partial charge in [0.15, 0.2) is 6.61 Å². The van der Waals surface area contributed by atoms with Crippen LogP contribution in [0.1, 0.15) is 36.7 Å². The van der Waals surface area contributed by atoms with Crippen molar-refractivity contribution >= 4 is 35.1 Å². The van der Waals surface area contributed by atoms with Gasteiger partial charge in [-0.25, -0.2) is 4.68 Å². The Labute approximate surface area is 174 Å². The normalized spacial score (nSPS) is 14.6. The van der Waals surface area contributed by atoms with Crippen molar-refractivity contribution in [2.45, 2.75) is 46.1 Å². The zero-order valence-corrected chi connectivity index (χ0v) is 17.6. The molecule has 1 heterocycles. The maximum absolute atomic E-state index is 12.2. The van der Waals surface area contributed by atoms with Gasteiger partial charge in [-0.05, 0) is 57.7 Å². The summed E-state index contributed by atoms with van der Waals surface area (Å²) < 4.78 is 6.85. The third kappa shape index (κ3) is 4.86. The molecule has 1 aliphatic rings. The van der Waals surface area contributed by atoms with Crippen molar-refractivity contribution in [3.05, 3.63) is 45.2 Å². The second-order valence-corrected chi connectivity index (χ2v) is 8.01. The molecule has 1 aromatic heterocycles. The number of ether oxygens (including phenoxy) is 1. The largest absolute Gasteiger partial charge is 0.455 e. The third-order valence-corrected chi connectivity index (χ3v) is 5.73. The first-order valence-electron chi connectivity index (χ1n) is 9.21. The Hall–Kier alpha value is -2.05. The lowest BCUT2D eigenvalue weighted by Gasteiger charge is -2.12. The fourth-order valence-corrected chi connectivity index (χ4v) is 3.44. The fraction of sp³-hybridized carbons (Fsp3) is 0.450. The Morgan fingerprint density at radius 2 is 2.00 bits per heavy atom. The molecule has 3 rings (SSSR count). The molecule has 1 saturated carbocycles. The molecule has 1 amide bonds. The first kappa shape index (κ1) is 20.7. The predicted octanol–water partition coefficient (Wildman–Crippen LogP) is 3.80. The van der Waals surface area contributed by atoms with Crippen LogP contribution in [0, 0.1) is 19.8 Å². The van der Waals surface area contributed by atoms with Crippen LogP contribution in [-0.2, 0) is 20.7 Å². The Kier molecular flexibility index (Phi) is 6.30. The van der Waals surface area contributed by atoms with Gasteiger partial charge in [-0.3, -0.25) is 9.59 Å². The number of carbonyl (C=O) groups is 2. The number of aryl methyl sites for hydroxylation is 1. The van der Waals surface area contributed by atoms with Crippen molar-refractivity contribution in [3.63, 3.8) is 0 Å². The molecule has 28 heavy (non-hydrogen) atoms. The van der Waals surface area contributed by atoms with Crippen LogP contribution in [-0.4, -0.2) is 34.3 Å². The fourth-order valence-electron chi connectivity index (χ4n) is 3.15. The van der Waals surface area contributed by atoms with Gasteiger partial charge in [0.25, 0.3) is 5.91 Å². The van der Waals surface area contributed by atoms with Crippen LogP contribution in [0.15, 0.2) is 18.2 Å². The molecule has 0 unspecified atom stereocenters. The number of hydrogen-bond acceptors (Lipinski definition) is 4. The summed E-state index contributed by atoms with van der Waals surface area (Å²) in [5, 5.41) is 8.25. The maximum atomic E-state index is 12.2. The number of nitrogens with one attached hydrogen (secondary N) is 1. The molecule has 0 bridgehead atoms. The summed E-state index contributed by atoms with van der Waals surface area (Å²) in [6.45, 7) is 5.40. The molecule has 0 radical (unpaired) electrons. The van der Waals surface area contributed by atoms with Crippen LogP contribution in [0.3, 0.4) is 0 Å². The summed E-state index contributed by atoms with van der Waals surface area (Å²) in [5.74, 6) is -0.182. The van der Waals surface area contributed by atoms with Gasteiger partial charge in [0, 0.05) is 17.3 Å². The molecule has 1 N–H and O–H groups in total. The van der Waals surface area contributed by atoms with E-state index in [4.69, 9.17) is 27.9 Å². The molecular formula is C20H23Cl2N3O3. The summed E-state index contributed by atoms with van der Waals surface area (Å²) in [4.78, 5) is 24.1. The highest BCUT2D eigenvalue weighted by Gasteiger charge is 2.29. The number of carbonyl (C=O) groups excluding carboxylic acids is 2. The van der Waals surface area contributed by atoms with Crippen molar-refractivity contribution in [1.29, 1.82) is 0 Å². The average Bonchev–Trinajstić information content (AvgIpc) is 3.45. The van der Waals surface area contributed by atoms with Crippen LogP contribution < -0.4 is 5.32 Å². The minimum Gasteiger partial charge on any atom is -0.455 e. The molecule has 6 nitrogen and oxygen atoms in total. The Balaban J connectivity index is 1.62. The summed E-state index contributed by atoms with van der Waals surface area (Å²) in [5.41, 5.74) is 3.04. The van der Waals surface area contributed by atoms with E-state index in [1.807, 2.05) is 20.8 Å². The molecule has 1 fully saturated rings. The van der Waals surface area contributed by atoms with Crippen LogP contribution in [0.2, 0.25) is 10.0 Å². The summed E-state index contributed by atoms with van der Waals surface area (Å²) in [6, 6.07) is 5.35. The number of amides is 1. The highest BCUT2D eigenvalue weighted by molar-refractivity contribution is 6.42. The number of hydrogen-bond donors (Lipinski definition) is 1. The van der Waals surface area contributed by atoms with E-state index < -0.39 is 5.97 Å². The number of rotatable bonds is 7. The van der Waals surface area contributed by atoms with E-state index in [0.717, 1.165) is 29.8 Å². The molecule has 0 aliphatic heterocycles. The Morgan fingerprint density at radius 3 is 2.64 bits per heavy atom. The molecule has 2 aromatic rings. The third-order valence-electron chi connectivity index (χ3n) is 4.99. The maximum Gasteiger partial charge on any atom is 0.310 e. The monoisotopic (exact) mass is 423 g/mol. The number of aromatic nitrogens is 2. The van der Waals surface area contributed by atoms with Gasteiger partial charge in [0.05, 0.1) is 27.8 Å². The molecule has 1 atom stereocenters. The van der Waals surface area contributed by atoms with E-state index in [-0.39, 0.29) is 25.0 Å². The van der Waals surface area contributed by atoms with Crippen molar-refractivity contribution in [3.8, 4) is 5.69 Å². The van der Waals surface area contributed by atoms with Crippen LogP contribution in [0.4, 0.5) is 0 Å². The van der Waals surface area contributed by atoms with E-state index in [0.29, 0.717) is 21.7 Å². The smallest absolute Gasteiger partial charge is 0.310 e. The van der Waals surface area contributed by atoms with Gasteiger partial charge in [-0.2, -0.15) is 5.10 Å². The average molecular weight is 424 g/mol. The lowest BCUT2D eigenvalue weighted by atomic mass is 10.1. The van der Waals surface area contributed by atoms with Gasteiger partial charge in [-0.15, -0.1) is 0 Å². The molecule has 1 aliphatic carbocycles. The molecule has 8 heteroatoms. The van der Waals surface area contributed by atoms with Crippen molar-refractivity contribution in [2.24, 2.45) is 5.92 Å². The van der Waals surface area contributed by atoms with E-state index in [2.05, 4.69) is 10.4 Å². The van der Waals surface area contributed by atoms with Gasteiger partial charge in [0.2, 0.25) is 0 Å². The highest BCUT2D eigenvalue weighted by atomic mass is 35.5. The van der Waals surface area contributed by atoms with Crippen molar-refractivity contribution in [2.75, 3.05) is 6.61 Å². The highest BCUT2D eigenvalue weighted by Crippen LogP contribution is 2.32. The van der Waals surface area contributed by atoms with Crippen LogP contribution in [0.5, 0.6) is 0 Å². The first-order valence-corrected chi connectivity index (χ1v) is 9.97. The SMILES string of the molecule is Cc1nn(-c2ccc(Cl)c(Cl)c2)c(C)c1CC(=O)OCC(=O)N[C@@H](C)C1CC1. The molecule has 0 saturated heterocycles. The lowest BCUT2D eigenvalue weighted by Crippen LogP contribution is -2.37. The van der Waals surface area contributed by atoms with Gasteiger partial charge >= 0.3 is 5.97 Å². The number of esters is 1. The zero-order chi connectivity index (χ0) is 20.4.